The Hall–Kier alpha value is -1.16. The second-order valence-electron chi connectivity index (χ2n) is 6.17. The molecular weight excluding hydrogens is 320 g/mol. The first-order valence-corrected chi connectivity index (χ1v) is 7.75. The smallest absolute Gasteiger partial charge is 0.338 e. The van der Waals surface area contributed by atoms with E-state index in [1.54, 1.807) is 12.1 Å². The van der Waals surface area contributed by atoms with Crippen molar-refractivity contribution in [3.8, 4) is 0 Å². The monoisotopic (exact) mass is 336 g/mol. The summed E-state index contributed by atoms with van der Waals surface area (Å²) in [6.45, 7) is 2.14. The third kappa shape index (κ3) is 2.41. The molecule has 0 aliphatic heterocycles. The van der Waals surface area contributed by atoms with Gasteiger partial charge in [0, 0.05) is 23.2 Å². The molecule has 0 bridgehead atoms. The average Bonchev–Trinajstić information content (AvgIpc) is 2.37. The number of Topliss-reactive ketones (excluding diaryl/α,β-unsaturated/α-hetero) is 1. The van der Waals surface area contributed by atoms with Crippen molar-refractivity contribution in [2.75, 3.05) is 0 Å². The molecule has 0 radical (unpaired) electrons. The lowest BCUT2D eigenvalue weighted by Gasteiger charge is -2.54. The van der Waals surface area contributed by atoms with Crippen molar-refractivity contribution in [3.05, 3.63) is 34.3 Å². The van der Waals surface area contributed by atoms with Gasteiger partial charge in [-0.15, -0.1) is 0 Å². The number of esters is 1. The van der Waals surface area contributed by atoms with E-state index in [1.807, 2.05) is 12.1 Å². The summed E-state index contributed by atoms with van der Waals surface area (Å²) in [5.74, 6) is 0.433. The van der Waals surface area contributed by atoms with Crippen LogP contribution < -0.4 is 0 Å². The molecule has 0 N–H and O–H groups in total. The van der Waals surface area contributed by atoms with Gasteiger partial charge in [0.2, 0.25) is 0 Å². The van der Waals surface area contributed by atoms with Crippen molar-refractivity contribution in [2.45, 2.75) is 38.7 Å². The highest BCUT2D eigenvalue weighted by atomic mass is 79.9. The molecule has 3 rings (SSSR count). The molecule has 0 unspecified atom stereocenters. The van der Waals surface area contributed by atoms with Gasteiger partial charge in [-0.2, -0.15) is 0 Å². The van der Waals surface area contributed by atoms with E-state index < -0.39 is 0 Å². The zero-order valence-electron chi connectivity index (χ0n) is 11.4. The summed E-state index contributed by atoms with van der Waals surface area (Å²) in [6.07, 6.45) is 2.92. The molecule has 2 fully saturated rings. The first-order chi connectivity index (χ1) is 9.48. The Bertz CT molecular complexity index is 551. The first-order valence-electron chi connectivity index (χ1n) is 6.96. The highest BCUT2D eigenvalue weighted by Crippen LogP contribution is 2.55. The fourth-order valence-corrected chi connectivity index (χ4v) is 3.81. The van der Waals surface area contributed by atoms with Crippen LogP contribution in [0.15, 0.2) is 28.7 Å². The van der Waals surface area contributed by atoms with E-state index in [-0.39, 0.29) is 17.5 Å². The van der Waals surface area contributed by atoms with Crippen LogP contribution in [-0.4, -0.2) is 17.9 Å². The minimum Gasteiger partial charge on any atom is -0.458 e. The Kier molecular flexibility index (Phi) is 3.44. The second-order valence-corrected chi connectivity index (χ2v) is 7.09. The maximum Gasteiger partial charge on any atom is 0.338 e. The normalized spacial score (nSPS) is 32.2. The molecule has 4 heteroatoms. The molecule has 2 aliphatic carbocycles. The van der Waals surface area contributed by atoms with Gasteiger partial charge in [0.15, 0.2) is 0 Å². The standard InChI is InChI=1S/C16H17BrO3/c1-16-8-12(18)6-7-13(16)14(9-16)20-15(19)10-2-4-11(17)5-3-10/h2-5,13-14H,6-9H2,1H3/t13-,14-,16+/m1/s1. The summed E-state index contributed by atoms with van der Waals surface area (Å²) in [4.78, 5) is 23.6. The lowest BCUT2D eigenvalue weighted by molar-refractivity contribution is -0.149. The number of rotatable bonds is 2. The minimum absolute atomic E-state index is 0.0238. The highest BCUT2D eigenvalue weighted by molar-refractivity contribution is 9.10. The van der Waals surface area contributed by atoms with Gasteiger partial charge in [0.05, 0.1) is 5.56 Å². The quantitative estimate of drug-likeness (QED) is 0.772. The molecule has 0 heterocycles. The summed E-state index contributed by atoms with van der Waals surface area (Å²) in [5.41, 5.74) is 0.633. The van der Waals surface area contributed by atoms with Crippen LogP contribution in [0.4, 0.5) is 0 Å². The molecule has 1 aromatic rings. The molecule has 2 aliphatic rings. The molecular formula is C16H17BrO3. The summed E-state index contributed by atoms with van der Waals surface area (Å²) >= 11 is 3.34. The topological polar surface area (TPSA) is 43.4 Å². The number of carbonyl (C=O) groups is 2. The van der Waals surface area contributed by atoms with Gasteiger partial charge in [-0.1, -0.05) is 22.9 Å². The molecule has 3 nitrogen and oxygen atoms in total. The predicted molar refractivity (Wildman–Crippen MR) is 78.4 cm³/mol. The third-order valence-corrected chi connectivity index (χ3v) is 5.21. The van der Waals surface area contributed by atoms with E-state index in [2.05, 4.69) is 22.9 Å². The summed E-state index contributed by atoms with van der Waals surface area (Å²) < 4.78 is 6.56. The zero-order chi connectivity index (χ0) is 14.3. The van der Waals surface area contributed by atoms with Crippen molar-refractivity contribution in [2.24, 2.45) is 11.3 Å². The van der Waals surface area contributed by atoms with E-state index in [0.717, 1.165) is 17.3 Å². The van der Waals surface area contributed by atoms with Crippen molar-refractivity contribution < 1.29 is 14.3 Å². The highest BCUT2D eigenvalue weighted by Gasteiger charge is 2.55. The number of carbonyl (C=O) groups excluding carboxylic acids is 2. The van der Waals surface area contributed by atoms with Crippen molar-refractivity contribution in [1.29, 1.82) is 0 Å². The van der Waals surface area contributed by atoms with Gasteiger partial charge >= 0.3 is 5.97 Å². The maximum absolute atomic E-state index is 12.1. The first kappa shape index (κ1) is 13.8. The van der Waals surface area contributed by atoms with E-state index in [1.165, 1.54) is 0 Å². The Morgan fingerprint density at radius 1 is 1.35 bits per heavy atom. The second kappa shape index (κ2) is 4.99. The van der Waals surface area contributed by atoms with Gasteiger partial charge in [0.1, 0.15) is 11.9 Å². The number of ether oxygens (including phenoxy) is 1. The SMILES string of the molecule is C[C@@]12CC(=O)CC[C@@H]1[C@H](OC(=O)c1ccc(Br)cc1)C2. The Balaban J connectivity index is 1.64. The minimum atomic E-state index is -0.263. The Morgan fingerprint density at radius 3 is 2.70 bits per heavy atom. The van der Waals surface area contributed by atoms with Crippen molar-refractivity contribution in [3.63, 3.8) is 0 Å². The number of ketones is 1. The number of benzene rings is 1. The van der Waals surface area contributed by atoms with Crippen LogP contribution in [0.2, 0.25) is 0 Å². The van der Waals surface area contributed by atoms with Crippen LogP contribution in [0.3, 0.4) is 0 Å². The lowest BCUT2D eigenvalue weighted by atomic mass is 9.53. The molecule has 0 amide bonds. The Morgan fingerprint density at radius 2 is 2.05 bits per heavy atom. The summed E-state index contributed by atoms with van der Waals surface area (Å²) in [6, 6.07) is 7.19. The molecule has 106 valence electrons. The van der Waals surface area contributed by atoms with Crippen molar-refractivity contribution >= 4 is 27.7 Å². The van der Waals surface area contributed by atoms with Gasteiger partial charge in [0.25, 0.3) is 0 Å². The lowest BCUT2D eigenvalue weighted by Crippen LogP contribution is -2.54. The largest absolute Gasteiger partial charge is 0.458 e. The van der Waals surface area contributed by atoms with Crippen molar-refractivity contribution in [1.82, 2.24) is 0 Å². The Labute approximate surface area is 126 Å². The van der Waals surface area contributed by atoms with Gasteiger partial charge in [-0.25, -0.2) is 4.79 Å². The maximum atomic E-state index is 12.1. The van der Waals surface area contributed by atoms with Crippen LogP contribution in [0.5, 0.6) is 0 Å². The van der Waals surface area contributed by atoms with Gasteiger partial charge in [-0.05, 0) is 42.5 Å². The molecule has 20 heavy (non-hydrogen) atoms. The van der Waals surface area contributed by atoms with E-state index in [4.69, 9.17) is 4.74 Å². The zero-order valence-corrected chi connectivity index (χ0v) is 13.0. The van der Waals surface area contributed by atoms with Crippen LogP contribution in [0.1, 0.15) is 43.0 Å². The predicted octanol–water partition coefficient (Wildman–Crippen LogP) is 3.75. The van der Waals surface area contributed by atoms with Crippen LogP contribution in [-0.2, 0) is 9.53 Å². The molecule has 0 spiro atoms. The molecule has 3 atom stereocenters. The van der Waals surface area contributed by atoms with E-state index in [9.17, 15) is 9.59 Å². The number of halogens is 1. The van der Waals surface area contributed by atoms with Crippen LogP contribution in [0.25, 0.3) is 0 Å². The third-order valence-electron chi connectivity index (χ3n) is 4.68. The number of fused-ring (bicyclic) bond motifs is 1. The van der Waals surface area contributed by atoms with E-state index in [0.29, 0.717) is 30.1 Å². The van der Waals surface area contributed by atoms with E-state index >= 15 is 0 Å². The molecule has 1 aromatic carbocycles. The summed E-state index contributed by atoms with van der Waals surface area (Å²) in [7, 11) is 0. The molecule has 0 aromatic heterocycles. The fraction of sp³-hybridized carbons (Fsp3) is 0.500. The van der Waals surface area contributed by atoms with Gasteiger partial charge in [-0.3, -0.25) is 4.79 Å². The molecule has 2 saturated carbocycles. The van der Waals surface area contributed by atoms with Crippen LogP contribution >= 0.6 is 15.9 Å². The average molecular weight is 337 g/mol. The number of hydrogen-bond donors (Lipinski definition) is 0. The summed E-state index contributed by atoms with van der Waals surface area (Å²) in [5, 5.41) is 0. The van der Waals surface area contributed by atoms with Crippen LogP contribution in [0, 0.1) is 11.3 Å². The molecule has 0 saturated heterocycles. The van der Waals surface area contributed by atoms with Gasteiger partial charge < -0.3 is 4.74 Å². The number of hydrogen-bond acceptors (Lipinski definition) is 3. The fourth-order valence-electron chi connectivity index (χ4n) is 3.55.